The number of thiazole rings is 1. The lowest BCUT2D eigenvalue weighted by atomic mass is 9.76. The summed E-state index contributed by atoms with van der Waals surface area (Å²) in [6.45, 7) is 2.17. The number of ketones is 1. The normalized spacial score (nSPS) is 23.2. The monoisotopic (exact) mass is 550 g/mol. The minimum absolute atomic E-state index is 0.0241. The van der Waals surface area contributed by atoms with E-state index in [4.69, 9.17) is 9.15 Å². The molecule has 0 N–H and O–H groups in total. The molecule has 1 aliphatic carbocycles. The number of hydrogen-bond acceptors (Lipinski definition) is 8. The van der Waals surface area contributed by atoms with Gasteiger partial charge in [-0.2, -0.15) is 8.78 Å². The van der Waals surface area contributed by atoms with Gasteiger partial charge in [0.2, 0.25) is 11.8 Å². The maximum atomic E-state index is 15.5. The fourth-order valence-electron chi connectivity index (χ4n) is 4.87. The Kier molecular flexibility index (Phi) is 8.82. The molecule has 206 valence electrons. The van der Waals surface area contributed by atoms with E-state index in [1.807, 2.05) is 0 Å². The van der Waals surface area contributed by atoms with Gasteiger partial charge in [0.25, 0.3) is 5.19 Å². The SMILES string of the molecule is Cc1nnc(CC(=O)CC2CCC(F)(CCN3CCc4nc(OCC(F)(F)C(F)F)sc4CC3)CC2)o1. The van der Waals surface area contributed by atoms with Gasteiger partial charge >= 0.3 is 12.3 Å². The predicted molar refractivity (Wildman–Crippen MR) is 125 cm³/mol. The summed E-state index contributed by atoms with van der Waals surface area (Å²) < 4.78 is 76.4. The average Bonchev–Trinajstić information content (AvgIpc) is 3.38. The Labute approximate surface area is 215 Å². The number of nitrogens with zero attached hydrogens (tertiary/aromatic N) is 4. The molecule has 0 unspecified atom stereocenters. The molecule has 0 atom stereocenters. The number of carbonyl (C=O) groups excluding carboxylic acids is 1. The highest BCUT2D eigenvalue weighted by molar-refractivity contribution is 7.13. The fraction of sp³-hybridized carbons (Fsp3) is 0.750. The lowest BCUT2D eigenvalue weighted by molar-refractivity contribution is -0.148. The Morgan fingerprint density at radius 2 is 1.97 bits per heavy atom. The van der Waals surface area contributed by atoms with Crippen molar-refractivity contribution in [3.05, 3.63) is 22.4 Å². The first-order valence-electron chi connectivity index (χ1n) is 12.5. The standard InChI is InChI=1S/C24H31F5N4O3S/c1-15-31-32-20(36-15)13-17(34)12-16-2-6-23(27,7-3-16)8-11-33-9-4-18-19(5-10-33)37-22(30-18)35-14-24(28,29)21(25)26/h16,21H,2-14H2,1H3. The molecule has 7 nitrogen and oxygen atoms in total. The van der Waals surface area contributed by atoms with E-state index in [0.717, 1.165) is 21.9 Å². The summed E-state index contributed by atoms with van der Waals surface area (Å²) in [6, 6.07) is 0. The van der Waals surface area contributed by atoms with E-state index in [2.05, 4.69) is 20.1 Å². The van der Waals surface area contributed by atoms with Crippen LogP contribution in [0.25, 0.3) is 0 Å². The number of halogens is 5. The van der Waals surface area contributed by atoms with Crippen LogP contribution in [-0.2, 0) is 24.1 Å². The molecule has 0 bridgehead atoms. The Bertz CT molecular complexity index is 1030. The van der Waals surface area contributed by atoms with Crippen molar-refractivity contribution in [1.29, 1.82) is 0 Å². The lowest BCUT2D eigenvalue weighted by Crippen LogP contribution is -2.36. The van der Waals surface area contributed by atoms with Crippen molar-refractivity contribution < 1.29 is 35.9 Å². The third-order valence-electron chi connectivity index (χ3n) is 7.10. The van der Waals surface area contributed by atoms with Gasteiger partial charge in [-0.15, -0.1) is 10.2 Å². The fourth-order valence-corrected chi connectivity index (χ4v) is 5.81. The number of rotatable bonds is 11. The summed E-state index contributed by atoms with van der Waals surface area (Å²) in [6.07, 6.45) is 0.491. The molecular formula is C24H31F5N4O3S. The minimum atomic E-state index is -4.22. The van der Waals surface area contributed by atoms with Crippen molar-refractivity contribution in [1.82, 2.24) is 20.1 Å². The van der Waals surface area contributed by atoms with E-state index in [1.54, 1.807) is 6.92 Å². The molecule has 1 aliphatic heterocycles. The minimum Gasteiger partial charge on any atom is -0.463 e. The van der Waals surface area contributed by atoms with Crippen LogP contribution in [0, 0.1) is 12.8 Å². The molecule has 0 amide bonds. The second kappa shape index (κ2) is 11.7. The predicted octanol–water partition coefficient (Wildman–Crippen LogP) is 5.00. The number of Topliss-reactive ketones (excluding diaryl/α,β-unsaturated/α-hetero) is 1. The summed E-state index contributed by atoms with van der Waals surface area (Å²) in [4.78, 5) is 19.6. The van der Waals surface area contributed by atoms with Crippen LogP contribution in [0.15, 0.2) is 4.42 Å². The maximum Gasteiger partial charge on any atom is 0.340 e. The Morgan fingerprint density at radius 1 is 1.24 bits per heavy atom. The van der Waals surface area contributed by atoms with Gasteiger partial charge in [0.1, 0.15) is 11.5 Å². The van der Waals surface area contributed by atoms with Gasteiger partial charge in [-0.1, -0.05) is 11.3 Å². The summed E-state index contributed by atoms with van der Waals surface area (Å²) in [5, 5.41) is 7.55. The van der Waals surface area contributed by atoms with Crippen molar-refractivity contribution >= 4 is 17.1 Å². The number of carbonyl (C=O) groups is 1. The molecule has 13 heteroatoms. The Morgan fingerprint density at radius 3 is 2.65 bits per heavy atom. The van der Waals surface area contributed by atoms with E-state index in [-0.39, 0.29) is 23.3 Å². The van der Waals surface area contributed by atoms with Crippen LogP contribution in [0.4, 0.5) is 22.0 Å². The highest BCUT2D eigenvalue weighted by Gasteiger charge is 2.42. The first-order valence-corrected chi connectivity index (χ1v) is 13.3. The van der Waals surface area contributed by atoms with Crippen LogP contribution < -0.4 is 4.74 Å². The van der Waals surface area contributed by atoms with E-state index in [0.29, 0.717) is 82.8 Å². The van der Waals surface area contributed by atoms with E-state index in [1.165, 1.54) is 0 Å². The van der Waals surface area contributed by atoms with Crippen LogP contribution >= 0.6 is 11.3 Å². The summed E-state index contributed by atoms with van der Waals surface area (Å²) in [5.41, 5.74) is -0.534. The zero-order valence-corrected chi connectivity index (χ0v) is 21.5. The third kappa shape index (κ3) is 7.68. The highest BCUT2D eigenvalue weighted by atomic mass is 32.1. The molecule has 0 saturated heterocycles. The van der Waals surface area contributed by atoms with Gasteiger partial charge in [0, 0.05) is 44.3 Å². The van der Waals surface area contributed by atoms with Crippen LogP contribution in [0.1, 0.15) is 60.9 Å². The van der Waals surface area contributed by atoms with E-state index >= 15 is 4.39 Å². The van der Waals surface area contributed by atoms with Crippen molar-refractivity contribution in [2.75, 3.05) is 26.2 Å². The molecule has 2 aromatic rings. The molecule has 0 radical (unpaired) electrons. The van der Waals surface area contributed by atoms with Gasteiger partial charge in [-0.05, 0) is 44.4 Å². The topological polar surface area (TPSA) is 81.4 Å². The second-order valence-corrected chi connectivity index (χ2v) is 11.1. The number of hydrogen-bond donors (Lipinski definition) is 0. The van der Waals surface area contributed by atoms with Crippen molar-refractivity contribution in [2.45, 2.75) is 82.7 Å². The van der Waals surface area contributed by atoms with Gasteiger partial charge in [0.15, 0.2) is 6.61 Å². The molecule has 0 spiro atoms. The van der Waals surface area contributed by atoms with Crippen LogP contribution in [0.2, 0.25) is 0 Å². The first kappa shape index (κ1) is 27.9. The summed E-state index contributed by atoms with van der Waals surface area (Å²) >= 11 is 1.10. The Hall–Kier alpha value is -2.15. The number of alkyl halides is 5. The first-order chi connectivity index (χ1) is 17.5. The smallest absolute Gasteiger partial charge is 0.340 e. The number of ether oxygens (including phenoxy) is 1. The van der Waals surface area contributed by atoms with Gasteiger partial charge in [-0.3, -0.25) is 4.79 Å². The maximum absolute atomic E-state index is 15.5. The molecule has 2 aromatic heterocycles. The second-order valence-electron chi connectivity index (χ2n) is 10.0. The molecule has 2 aliphatic rings. The molecule has 37 heavy (non-hydrogen) atoms. The number of aryl methyl sites for hydroxylation is 1. The number of fused-ring (bicyclic) bond motifs is 1. The lowest BCUT2D eigenvalue weighted by Gasteiger charge is -2.35. The van der Waals surface area contributed by atoms with Crippen molar-refractivity contribution in [2.24, 2.45) is 5.92 Å². The van der Waals surface area contributed by atoms with Crippen LogP contribution in [0.3, 0.4) is 0 Å². The summed E-state index contributed by atoms with van der Waals surface area (Å²) in [5.74, 6) is -3.28. The zero-order valence-electron chi connectivity index (χ0n) is 20.7. The zero-order chi connectivity index (χ0) is 26.6. The molecular weight excluding hydrogens is 519 g/mol. The molecule has 3 heterocycles. The average molecular weight is 551 g/mol. The molecule has 1 fully saturated rings. The third-order valence-corrected chi connectivity index (χ3v) is 8.17. The number of aromatic nitrogens is 3. The van der Waals surface area contributed by atoms with Crippen molar-refractivity contribution in [3.63, 3.8) is 0 Å². The van der Waals surface area contributed by atoms with Gasteiger partial charge in [-0.25, -0.2) is 18.2 Å². The van der Waals surface area contributed by atoms with E-state index in [9.17, 15) is 22.4 Å². The largest absolute Gasteiger partial charge is 0.463 e. The molecule has 4 rings (SSSR count). The molecule has 1 saturated carbocycles. The van der Waals surface area contributed by atoms with Gasteiger partial charge in [0.05, 0.1) is 12.1 Å². The highest BCUT2D eigenvalue weighted by Crippen LogP contribution is 2.39. The Balaban J connectivity index is 1.17. The quantitative estimate of drug-likeness (QED) is 0.364. The van der Waals surface area contributed by atoms with Crippen LogP contribution in [0.5, 0.6) is 5.19 Å². The molecule has 0 aromatic carbocycles. The van der Waals surface area contributed by atoms with Crippen LogP contribution in [-0.4, -0.2) is 70.1 Å². The van der Waals surface area contributed by atoms with Crippen molar-refractivity contribution in [3.8, 4) is 5.19 Å². The van der Waals surface area contributed by atoms with E-state index < -0.39 is 24.6 Å². The summed E-state index contributed by atoms with van der Waals surface area (Å²) in [7, 11) is 0. The van der Waals surface area contributed by atoms with Gasteiger partial charge < -0.3 is 14.1 Å².